The lowest BCUT2D eigenvalue weighted by Crippen LogP contribution is -2.25. The number of rotatable bonds is 5. The van der Waals surface area contributed by atoms with Crippen LogP contribution in [-0.4, -0.2) is 17.1 Å². The SMILES string of the molecule is N#Cc1ccc(NC(CC(=O)O)C2CC2)c2ccccc12. The number of aliphatic carboxylic acids is 1. The summed E-state index contributed by atoms with van der Waals surface area (Å²) in [6.07, 6.45) is 2.29. The number of nitrogens with zero attached hydrogens (tertiary/aromatic N) is 1. The molecule has 0 aliphatic heterocycles. The summed E-state index contributed by atoms with van der Waals surface area (Å²) in [7, 11) is 0. The summed E-state index contributed by atoms with van der Waals surface area (Å²) in [6, 6.07) is 13.5. The fraction of sp³-hybridized carbons (Fsp3) is 0.294. The van der Waals surface area contributed by atoms with Crippen molar-refractivity contribution >= 4 is 22.4 Å². The van der Waals surface area contributed by atoms with Gasteiger partial charge in [-0.1, -0.05) is 24.3 Å². The van der Waals surface area contributed by atoms with Crippen LogP contribution in [0.2, 0.25) is 0 Å². The Bertz CT molecular complexity index is 729. The van der Waals surface area contributed by atoms with E-state index < -0.39 is 5.97 Å². The average molecular weight is 280 g/mol. The molecule has 0 amide bonds. The van der Waals surface area contributed by atoms with Gasteiger partial charge in [0.25, 0.3) is 0 Å². The van der Waals surface area contributed by atoms with E-state index in [-0.39, 0.29) is 12.5 Å². The molecule has 0 radical (unpaired) electrons. The van der Waals surface area contributed by atoms with Gasteiger partial charge in [-0.05, 0) is 30.9 Å². The largest absolute Gasteiger partial charge is 0.481 e. The molecule has 0 aromatic heterocycles. The number of carbonyl (C=O) groups is 1. The second-order valence-corrected chi connectivity index (χ2v) is 5.50. The minimum absolute atomic E-state index is 0.0427. The Morgan fingerprint density at radius 1 is 1.29 bits per heavy atom. The number of benzene rings is 2. The van der Waals surface area contributed by atoms with Crippen LogP contribution < -0.4 is 5.32 Å². The highest BCUT2D eigenvalue weighted by atomic mass is 16.4. The molecule has 4 nitrogen and oxygen atoms in total. The molecule has 2 aromatic rings. The Balaban J connectivity index is 1.97. The van der Waals surface area contributed by atoms with Gasteiger partial charge in [0.1, 0.15) is 0 Å². The number of nitriles is 1. The minimum atomic E-state index is -0.780. The molecule has 4 heteroatoms. The zero-order valence-electron chi connectivity index (χ0n) is 11.5. The van der Waals surface area contributed by atoms with Crippen LogP contribution in [0.15, 0.2) is 36.4 Å². The van der Waals surface area contributed by atoms with E-state index in [1.54, 1.807) is 6.07 Å². The van der Waals surface area contributed by atoms with Crippen LogP contribution >= 0.6 is 0 Å². The molecule has 0 bridgehead atoms. The van der Waals surface area contributed by atoms with E-state index in [2.05, 4.69) is 11.4 Å². The highest BCUT2D eigenvalue weighted by Gasteiger charge is 2.32. The van der Waals surface area contributed by atoms with Crippen LogP contribution in [0.5, 0.6) is 0 Å². The first-order valence-corrected chi connectivity index (χ1v) is 7.09. The summed E-state index contributed by atoms with van der Waals surface area (Å²) >= 11 is 0. The predicted molar refractivity (Wildman–Crippen MR) is 81.1 cm³/mol. The molecule has 0 saturated heterocycles. The predicted octanol–water partition coefficient (Wildman–Crippen LogP) is 3.38. The van der Waals surface area contributed by atoms with Crippen LogP contribution in [0.25, 0.3) is 10.8 Å². The standard InChI is InChI=1S/C17H16N2O2/c18-10-12-7-8-15(14-4-2-1-3-13(12)14)19-16(9-17(20)21)11-5-6-11/h1-4,7-8,11,16,19H,5-6,9H2,(H,20,21). The second kappa shape index (κ2) is 5.45. The van der Waals surface area contributed by atoms with Gasteiger partial charge in [-0.15, -0.1) is 0 Å². The number of hydrogen-bond acceptors (Lipinski definition) is 3. The van der Waals surface area contributed by atoms with E-state index in [4.69, 9.17) is 5.11 Å². The van der Waals surface area contributed by atoms with Crippen LogP contribution in [-0.2, 0) is 4.79 Å². The first-order valence-electron chi connectivity index (χ1n) is 7.09. The van der Waals surface area contributed by atoms with Crippen molar-refractivity contribution < 1.29 is 9.90 Å². The van der Waals surface area contributed by atoms with Gasteiger partial charge in [-0.2, -0.15) is 5.26 Å². The molecule has 1 fully saturated rings. The number of carboxylic acids is 1. The topological polar surface area (TPSA) is 73.1 Å². The fourth-order valence-electron chi connectivity index (χ4n) is 2.74. The number of nitrogens with one attached hydrogen (secondary N) is 1. The Labute approximate surface area is 123 Å². The van der Waals surface area contributed by atoms with E-state index in [9.17, 15) is 10.1 Å². The number of hydrogen-bond donors (Lipinski definition) is 2. The maximum absolute atomic E-state index is 11.0. The van der Waals surface area contributed by atoms with Crippen LogP contribution in [0.1, 0.15) is 24.8 Å². The van der Waals surface area contributed by atoms with Crippen molar-refractivity contribution in [2.24, 2.45) is 5.92 Å². The van der Waals surface area contributed by atoms with Crippen LogP contribution in [0.4, 0.5) is 5.69 Å². The summed E-state index contributed by atoms with van der Waals surface area (Å²) in [5.41, 5.74) is 1.54. The van der Waals surface area contributed by atoms with E-state index in [0.29, 0.717) is 11.5 Å². The lowest BCUT2D eigenvalue weighted by molar-refractivity contribution is -0.137. The molecular formula is C17H16N2O2. The molecule has 21 heavy (non-hydrogen) atoms. The molecule has 3 rings (SSSR count). The highest BCUT2D eigenvalue weighted by molar-refractivity contribution is 5.97. The van der Waals surface area contributed by atoms with Crippen molar-refractivity contribution in [3.8, 4) is 6.07 Å². The Kier molecular flexibility index (Phi) is 3.49. The lowest BCUT2D eigenvalue weighted by Gasteiger charge is -2.19. The maximum atomic E-state index is 11.0. The number of fused-ring (bicyclic) bond motifs is 1. The third-order valence-corrected chi connectivity index (χ3v) is 3.97. The average Bonchev–Trinajstić information content (AvgIpc) is 3.31. The number of carboxylic acid groups (broad SMARTS) is 1. The van der Waals surface area contributed by atoms with Crippen molar-refractivity contribution in [1.29, 1.82) is 5.26 Å². The molecule has 1 unspecified atom stereocenters. The van der Waals surface area contributed by atoms with Gasteiger partial charge in [0.15, 0.2) is 0 Å². The quantitative estimate of drug-likeness (QED) is 0.880. The Morgan fingerprint density at radius 3 is 2.62 bits per heavy atom. The van der Waals surface area contributed by atoms with Crippen molar-refractivity contribution in [1.82, 2.24) is 0 Å². The van der Waals surface area contributed by atoms with Gasteiger partial charge in [0.2, 0.25) is 0 Å². The van der Waals surface area contributed by atoms with E-state index in [1.807, 2.05) is 30.3 Å². The summed E-state index contributed by atoms with van der Waals surface area (Å²) < 4.78 is 0. The monoisotopic (exact) mass is 280 g/mol. The molecule has 1 saturated carbocycles. The van der Waals surface area contributed by atoms with Crippen molar-refractivity contribution in [2.45, 2.75) is 25.3 Å². The van der Waals surface area contributed by atoms with Crippen molar-refractivity contribution in [3.05, 3.63) is 42.0 Å². The number of anilines is 1. The third-order valence-electron chi connectivity index (χ3n) is 3.97. The van der Waals surface area contributed by atoms with E-state index >= 15 is 0 Å². The van der Waals surface area contributed by atoms with Crippen molar-refractivity contribution in [2.75, 3.05) is 5.32 Å². The molecule has 1 aliphatic rings. The smallest absolute Gasteiger partial charge is 0.305 e. The normalized spacial score (nSPS) is 15.4. The second-order valence-electron chi connectivity index (χ2n) is 5.50. The fourth-order valence-corrected chi connectivity index (χ4v) is 2.74. The van der Waals surface area contributed by atoms with Gasteiger partial charge < -0.3 is 10.4 Å². The summed E-state index contributed by atoms with van der Waals surface area (Å²) in [4.78, 5) is 11.0. The first kappa shape index (κ1) is 13.4. The summed E-state index contributed by atoms with van der Waals surface area (Å²) in [5.74, 6) is -0.340. The van der Waals surface area contributed by atoms with E-state index in [0.717, 1.165) is 29.3 Å². The van der Waals surface area contributed by atoms with Gasteiger partial charge in [0, 0.05) is 22.5 Å². The zero-order valence-corrected chi connectivity index (χ0v) is 11.5. The summed E-state index contributed by atoms with van der Waals surface area (Å²) in [6.45, 7) is 0. The molecule has 2 N–H and O–H groups in total. The third kappa shape index (κ3) is 2.82. The molecule has 0 heterocycles. The lowest BCUT2D eigenvalue weighted by atomic mass is 10.0. The maximum Gasteiger partial charge on any atom is 0.305 e. The van der Waals surface area contributed by atoms with Crippen molar-refractivity contribution in [3.63, 3.8) is 0 Å². The molecule has 1 atom stereocenters. The molecule has 106 valence electrons. The highest BCUT2D eigenvalue weighted by Crippen LogP contribution is 2.37. The Morgan fingerprint density at radius 2 is 2.00 bits per heavy atom. The molecule has 0 spiro atoms. The summed E-state index contributed by atoms with van der Waals surface area (Å²) in [5, 5.41) is 23.5. The van der Waals surface area contributed by atoms with Crippen LogP contribution in [0, 0.1) is 17.2 Å². The van der Waals surface area contributed by atoms with Gasteiger partial charge in [-0.3, -0.25) is 4.79 Å². The first-order chi connectivity index (χ1) is 10.2. The van der Waals surface area contributed by atoms with Gasteiger partial charge in [0.05, 0.1) is 18.1 Å². The van der Waals surface area contributed by atoms with Gasteiger partial charge in [-0.25, -0.2) is 0 Å². The zero-order chi connectivity index (χ0) is 14.8. The van der Waals surface area contributed by atoms with E-state index in [1.165, 1.54) is 0 Å². The minimum Gasteiger partial charge on any atom is -0.481 e. The molecule has 2 aromatic carbocycles. The molecule has 1 aliphatic carbocycles. The van der Waals surface area contributed by atoms with Gasteiger partial charge >= 0.3 is 5.97 Å². The molecular weight excluding hydrogens is 264 g/mol. The Hall–Kier alpha value is -2.54. The van der Waals surface area contributed by atoms with Crippen LogP contribution in [0.3, 0.4) is 0 Å².